The number of hydrogen-bond acceptors (Lipinski definition) is 3. The van der Waals surface area contributed by atoms with Crippen LogP contribution in [-0.2, 0) is 11.4 Å². The Bertz CT molecular complexity index is 435. The number of hydrogen-bond donors (Lipinski definition) is 1. The minimum atomic E-state index is 0.0171. The van der Waals surface area contributed by atoms with Crippen molar-refractivity contribution in [2.24, 2.45) is 0 Å². The normalized spacial score (nSPS) is 10.4. The Morgan fingerprint density at radius 1 is 1.37 bits per heavy atom. The molecular weight excluding hydrogens is 308 g/mol. The standard InChI is InChI=1S/C14H21BrN2O2/c1-4-7-17(9-14(19)16(2)3)13-6-5-11(10-18)8-12(13)15/h5-6,8,18H,4,7,9-10H2,1-3H3. The summed E-state index contributed by atoms with van der Waals surface area (Å²) in [5.74, 6) is 0.0755. The highest BCUT2D eigenvalue weighted by Gasteiger charge is 2.15. The summed E-state index contributed by atoms with van der Waals surface area (Å²) in [7, 11) is 3.52. The monoisotopic (exact) mass is 328 g/mol. The molecule has 1 aromatic carbocycles. The third kappa shape index (κ3) is 4.51. The lowest BCUT2D eigenvalue weighted by Gasteiger charge is -2.26. The third-order valence-corrected chi connectivity index (χ3v) is 3.49. The van der Waals surface area contributed by atoms with Gasteiger partial charge in [0.2, 0.25) is 5.91 Å². The average Bonchev–Trinajstić information content (AvgIpc) is 2.37. The summed E-state index contributed by atoms with van der Waals surface area (Å²) in [5, 5.41) is 9.12. The summed E-state index contributed by atoms with van der Waals surface area (Å²) in [4.78, 5) is 15.5. The molecule has 0 saturated carbocycles. The van der Waals surface area contributed by atoms with E-state index in [2.05, 4.69) is 22.9 Å². The minimum Gasteiger partial charge on any atom is -0.392 e. The van der Waals surface area contributed by atoms with Gasteiger partial charge in [-0.05, 0) is 40.0 Å². The van der Waals surface area contributed by atoms with Gasteiger partial charge in [0.05, 0.1) is 18.8 Å². The fraction of sp³-hybridized carbons (Fsp3) is 0.500. The molecule has 0 atom stereocenters. The number of nitrogens with zero attached hydrogens (tertiary/aromatic N) is 2. The molecule has 1 amide bonds. The third-order valence-electron chi connectivity index (χ3n) is 2.85. The van der Waals surface area contributed by atoms with Gasteiger partial charge in [0.15, 0.2) is 0 Å². The Balaban J connectivity index is 2.95. The van der Waals surface area contributed by atoms with Crippen molar-refractivity contribution in [3.8, 4) is 0 Å². The predicted molar refractivity (Wildman–Crippen MR) is 81.3 cm³/mol. The molecule has 4 nitrogen and oxygen atoms in total. The van der Waals surface area contributed by atoms with Gasteiger partial charge in [-0.3, -0.25) is 4.79 Å². The van der Waals surface area contributed by atoms with E-state index in [1.165, 1.54) is 0 Å². The maximum Gasteiger partial charge on any atom is 0.241 e. The second-order valence-corrected chi connectivity index (χ2v) is 5.51. The van der Waals surface area contributed by atoms with Crippen LogP contribution in [0.2, 0.25) is 0 Å². The number of amides is 1. The number of aliphatic hydroxyl groups excluding tert-OH is 1. The first-order chi connectivity index (χ1) is 8.99. The lowest BCUT2D eigenvalue weighted by atomic mass is 10.2. The Labute approximate surface area is 123 Å². The molecule has 0 aliphatic heterocycles. The second-order valence-electron chi connectivity index (χ2n) is 4.65. The number of carbonyl (C=O) groups is 1. The van der Waals surface area contributed by atoms with Crippen LogP contribution in [0.4, 0.5) is 5.69 Å². The number of benzene rings is 1. The van der Waals surface area contributed by atoms with Crippen molar-refractivity contribution in [3.05, 3.63) is 28.2 Å². The van der Waals surface area contributed by atoms with Crippen molar-refractivity contribution >= 4 is 27.5 Å². The molecule has 0 aliphatic carbocycles. The zero-order valence-corrected chi connectivity index (χ0v) is 13.3. The maximum absolute atomic E-state index is 11.9. The fourth-order valence-electron chi connectivity index (χ4n) is 1.76. The Kier molecular flexibility index (Phi) is 6.31. The summed E-state index contributed by atoms with van der Waals surface area (Å²) in [6.45, 7) is 3.28. The summed E-state index contributed by atoms with van der Waals surface area (Å²) in [6, 6.07) is 5.70. The van der Waals surface area contributed by atoms with E-state index in [4.69, 9.17) is 5.11 Å². The van der Waals surface area contributed by atoms with Gasteiger partial charge in [0.1, 0.15) is 0 Å². The van der Waals surface area contributed by atoms with Gasteiger partial charge in [0, 0.05) is 25.1 Å². The zero-order valence-electron chi connectivity index (χ0n) is 11.7. The average molecular weight is 329 g/mol. The zero-order chi connectivity index (χ0) is 14.4. The molecule has 0 aliphatic rings. The maximum atomic E-state index is 11.9. The molecule has 1 rings (SSSR count). The molecule has 106 valence electrons. The van der Waals surface area contributed by atoms with Crippen molar-refractivity contribution in [2.45, 2.75) is 20.0 Å². The van der Waals surface area contributed by atoms with E-state index in [0.29, 0.717) is 6.54 Å². The number of aliphatic hydroxyl groups is 1. The predicted octanol–water partition coefficient (Wildman–Crippen LogP) is 2.25. The number of halogens is 1. The van der Waals surface area contributed by atoms with E-state index < -0.39 is 0 Å². The van der Waals surface area contributed by atoms with E-state index in [-0.39, 0.29) is 12.5 Å². The second kappa shape index (κ2) is 7.50. The lowest BCUT2D eigenvalue weighted by Crippen LogP contribution is -2.37. The molecule has 5 heteroatoms. The molecule has 19 heavy (non-hydrogen) atoms. The molecule has 0 aromatic heterocycles. The van der Waals surface area contributed by atoms with E-state index in [0.717, 1.165) is 28.7 Å². The molecule has 0 fully saturated rings. The van der Waals surface area contributed by atoms with Crippen molar-refractivity contribution in [1.82, 2.24) is 4.90 Å². The molecule has 0 heterocycles. The molecule has 1 aromatic rings. The van der Waals surface area contributed by atoms with E-state index >= 15 is 0 Å². The van der Waals surface area contributed by atoms with E-state index in [1.54, 1.807) is 19.0 Å². The SMILES string of the molecule is CCCN(CC(=O)N(C)C)c1ccc(CO)cc1Br. The van der Waals surface area contributed by atoms with Crippen LogP contribution in [0, 0.1) is 0 Å². The van der Waals surface area contributed by atoms with Gasteiger partial charge in [-0.25, -0.2) is 0 Å². The van der Waals surface area contributed by atoms with E-state index in [9.17, 15) is 4.79 Å². The van der Waals surface area contributed by atoms with Crippen LogP contribution >= 0.6 is 15.9 Å². The minimum absolute atomic E-state index is 0.0171. The summed E-state index contributed by atoms with van der Waals surface area (Å²) < 4.78 is 0.902. The number of rotatable bonds is 6. The Morgan fingerprint density at radius 3 is 2.53 bits per heavy atom. The largest absolute Gasteiger partial charge is 0.392 e. The lowest BCUT2D eigenvalue weighted by molar-refractivity contribution is -0.127. The number of anilines is 1. The van der Waals surface area contributed by atoms with Gasteiger partial charge < -0.3 is 14.9 Å². The number of likely N-dealkylation sites (N-methyl/N-ethyl adjacent to an activating group) is 1. The topological polar surface area (TPSA) is 43.8 Å². The van der Waals surface area contributed by atoms with Crippen LogP contribution in [0.1, 0.15) is 18.9 Å². The summed E-state index contributed by atoms with van der Waals surface area (Å²) >= 11 is 3.51. The Hall–Kier alpha value is -1.07. The first kappa shape index (κ1) is 16.0. The highest BCUT2D eigenvalue weighted by atomic mass is 79.9. The van der Waals surface area contributed by atoms with Gasteiger partial charge in [0.25, 0.3) is 0 Å². The highest BCUT2D eigenvalue weighted by molar-refractivity contribution is 9.10. The van der Waals surface area contributed by atoms with Crippen molar-refractivity contribution in [1.29, 1.82) is 0 Å². The summed E-state index contributed by atoms with van der Waals surface area (Å²) in [5.41, 5.74) is 1.83. The number of carbonyl (C=O) groups excluding carboxylic acids is 1. The first-order valence-electron chi connectivity index (χ1n) is 6.34. The van der Waals surface area contributed by atoms with Crippen molar-refractivity contribution in [3.63, 3.8) is 0 Å². The quantitative estimate of drug-likeness (QED) is 0.871. The first-order valence-corrected chi connectivity index (χ1v) is 7.13. The molecule has 0 spiro atoms. The fourth-order valence-corrected chi connectivity index (χ4v) is 2.44. The van der Waals surface area contributed by atoms with Gasteiger partial charge in [-0.1, -0.05) is 13.0 Å². The molecule has 1 N–H and O–H groups in total. The molecule has 0 radical (unpaired) electrons. The van der Waals surface area contributed by atoms with Crippen LogP contribution in [0.3, 0.4) is 0 Å². The molecule has 0 bridgehead atoms. The smallest absolute Gasteiger partial charge is 0.241 e. The summed E-state index contributed by atoms with van der Waals surface area (Å²) in [6.07, 6.45) is 0.967. The van der Waals surface area contributed by atoms with E-state index in [1.807, 2.05) is 23.1 Å². The van der Waals surface area contributed by atoms with Crippen LogP contribution in [0.25, 0.3) is 0 Å². The van der Waals surface area contributed by atoms with Gasteiger partial charge in [-0.15, -0.1) is 0 Å². The van der Waals surface area contributed by atoms with Crippen LogP contribution in [-0.4, -0.2) is 43.1 Å². The van der Waals surface area contributed by atoms with Gasteiger partial charge >= 0.3 is 0 Å². The van der Waals surface area contributed by atoms with Crippen LogP contribution < -0.4 is 4.90 Å². The highest BCUT2D eigenvalue weighted by Crippen LogP contribution is 2.27. The van der Waals surface area contributed by atoms with Gasteiger partial charge in [-0.2, -0.15) is 0 Å². The molecular formula is C14H21BrN2O2. The Morgan fingerprint density at radius 2 is 2.05 bits per heavy atom. The molecule has 0 unspecified atom stereocenters. The van der Waals surface area contributed by atoms with Crippen molar-refractivity contribution < 1.29 is 9.90 Å². The van der Waals surface area contributed by atoms with Crippen LogP contribution in [0.5, 0.6) is 0 Å². The van der Waals surface area contributed by atoms with Crippen molar-refractivity contribution in [2.75, 3.05) is 32.1 Å². The molecule has 0 saturated heterocycles. The van der Waals surface area contributed by atoms with Crippen LogP contribution in [0.15, 0.2) is 22.7 Å².